The molecular weight excluding hydrogens is 430 g/mol. The van der Waals surface area contributed by atoms with Crippen LogP contribution in [0.4, 0.5) is 5.69 Å². The number of thiophene rings is 1. The molecule has 170 valence electrons. The van der Waals surface area contributed by atoms with E-state index in [9.17, 15) is 9.90 Å². The predicted molar refractivity (Wildman–Crippen MR) is 140 cm³/mol. The third kappa shape index (κ3) is 5.41. The molecule has 0 fully saturated rings. The van der Waals surface area contributed by atoms with Crippen molar-refractivity contribution in [1.29, 1.82) is 0 Å². The van der Waals surface area contributed by atoms with Gasteiger partial charge in [-0.2, -0.15) is 0 Å². The van der Waals surface area contributed by atoms with Crippen molar-refractivity contribution in [3.63, 3.8) is 0 Å². The Morgan fingerprint density at radius 3 is 2.67 bits per heavy atom. The number of hydrogen-bond acceptors (Lipinski definition) is 5. The highest BCUT2D eigenvalue weighted by Crippen LogP contribution is 2.32. The Balaban J connectivity index is 1.58. The topological polar surface area (TPSA) is 56.1 Å². The molecule has 3 aromatic rings. The third-order valence-corrected chi connectivity index (χ3v) is 6.69. The molecule has 1 amide bonds. The smallest absolute Gasteiger partial charge is 0.277 e. The van der Waals surface area contributed by atoms with E-state index in [1.54, 1.807) is 23.3 Å². The van der Waals surface area contributed by atoms with E-state index in [1.165, 1.54) is 0 Å². The second-order valence-electron chi connectivity index (χ2n) is 8.04. The maximum Gasteiger partial charge on any atom is 0.277 e. The minimum Gasteiger partial charge on any atom is -0.395 e. The molecule has 0 aliphatic carbocycles. The number of unbranched alkanes of at least 4 members (excludes halogenated alkanes) is 1. The van der Waals surface area contributed by atoms with Crippen LogP contribution in [0.5, 0.6) is 0 Å². The lowest BCUT2D eigenvalue weighted by Gasteiger charge is -2.23. The van der Waals surface area contributed by atoms with Gasteiger partial charge in [0.2, 0.25) is 0 Å². The molecule has 1 aliphatic rings. The summed E-state index contributed by atoms with van der Waals surface area (Å²) in [6, 6.07) is 18.5. The van der Waals surface area contributed by atoms with E-state index in [4.69, 9.17) is 0 Å². The molecule has 1 N–H and O–H groups in total. The zero-order valence-electron chi connectivity index (χ0n) is 19.1. The van der Waals surface area contributed by atoms with Gasteiger partial charge in [0.25, 0.3) is 5.91 Å². The number of amidine groups is 1. The van der Waals surface area contributed by atoms with Crippen LogP contribution >= 0.6 is 11.3 Å². The largest absolute Gasteiger partial charge is 0.395 e. The Kier molecular flexibility index (Phi) is 7.37. The Labute approximate surface area is 199 Å². The second-order valence-corrected chi connectivity index (χ2v) is 9.16. The molecule has 2 heterocycles. The van der Waals surface area contributed by atoms with Crippen molar-refractivity contribution in [3.05, 3.63) is 76.8 Å². The number of carbonyl (C=O) groups excluding carboxylic acids is 1. The summed E-state index contributed by atoms with van der Waals surface area (Å²) in [6.07, 6.45) is 7.91. The van der Waals surface area contributed by atoms with E-state index < -0.39 is 0 Å². The van der Waals surface area contributed by atoms with Crippen LogP contribution in [0.2, 0.25) is 0 Å². The lowest BCUT2D eigenvalue weighted by molar-refractivity contribution is -0.121. The Morgan fingerprint density at radius 1 is 1.09 bits per heavy atom. The van der Waals surface area contributed by atoms with Gasteiger partial charge in [0.1, 0.15) is 11.5 Å². The van der Waals surface area contributed by atoms with Crippen LogP contribution in [0.1, 0.15) is 30.2 Å². The fourth-order valence-corrected chi connectivity index (χ4v) is 4.82. The molecule has 1 aromatic heterocycles. The number of benzene rings is 2. The molecule has 0 radical (unpaired) electrons. The SMILES string of the molecule is CCCCN(CCO)c1ccc2cc(/C=C3N=C(/C=C/c4ccccc4)N(C)C/3=O)sc2c1. The highest BCUT2D eigenvalue weighted by atomic mass is 32.1. The number of amides is 1. The molecule has 1 aliphatic heterocycles. The van der Waals surface area contributed by atoms with Gasteiger partial charge in [0, 0.05) is 35.4 Å². The third-order valence-electron chi connectivity index (χ3n) is 5.65. The number of aliphatic hydroxyl groups is 1. The minimum atomic E-state index is -0.102. The van der Waals surface area contributed by atoms with Crippen LogP contribution in [-0.4, -0.2) is 48.5 Å². The van der Waals surface area contributed by atoms with Crippen molar-refractivity contribution in [2.45, 2.75) is 19.8 Å². The Hall–Kier alpha value is -3.22. The van der Waals surface area contributed by atoms with Gasteiger partial charge in [0.15, 0.2) is 0 Å². The van der Waals surface area contributed by atoms with Crippen LogP contribution in [-0.2, 0) is 4.79 Å². The standard InChI is InChI=1S/C27H29N3O2S/c1-3-4-14-30(15-16-31)22-12-11-21-17-23(33-25(21)18-22)19-24-27(32)29(2)26(28-24)13-10-20-8-6-5-7-9-20/h5-13,17-19,31H,3-4,14-16H2,1-2H3/b13-10+,24-19+. The van der Waals surface area contributed by atoms with Crippen molar-refractivity contribution < 1.29 is 9.90 Å². The number of hydrogen-bond donors (Lipinski definition) is 1. The molecular formula is C27H29N3O2S. The fraction of sp³-hybridized carbons (Fsp3) is 0.259. The zero-order valence-corrected chi connectivity index (χ0v) is 19.9. The van der Waals surface area contributed by atoms with Gasteiger partial charge in [-0.05, 0) is 47.7 Å². The van der Waals surface area contributed by atoms with E-state index >= 15 is 0 Å². The molecule has 0 saturated carbocycles. The Bertz CT molecular complexity index is 1210. The van der Waals surface area contributed by atoms with Crippen LogP contribution < -0.4 is 4.90 Å². The van der Waals surface area contributed by atoms with Crippen LogP contribution in [0.15, 0.2) is 71.4 Å². The van der Waals surface area contributed by atoms with E-state index in [2.05, 4.69) is 41.1 Å². The van der Waals surface area contributed by atoms with Crippen molar-refractivity contribution >= 4 is 51.0 Å². The molecule has 0 atom stereocenters. The first-order valence-corrected chi connectivity index (χ1v) is 12.1. The molecule has 0 bridgehead atoms. The lowest BCUT2D eigenvalue weighted by atomic mass is 10.2. The first kappa shape index (κ1) is 23.0. The summed E-state index contributed by atoms with van der Waals surface area (Å²) in [5.74, 6) is 0.531. The average molecular weight is 460 g/mol. The highest BCUT2D eigenvalue weighted by molar-refractivity contribution is 7.19. The van der Waals surface area contributed by atoms with Gasteiger partial charge >= 0.3 is 0 Å². The van der Waals surface area contributed by atoms with Gasteiger partial charge in [-0.15, -0.1) is 11.3 Å². The highest BCUT2D eigenvalue weighted by Gasteiger charge is 2.25. The van der Waals surface area contributed by atoms with Crippen LogP contribution in [0.25, 0.3) is 22.2 Å². The molecule has 4 rings (SSSR count). The number of carbonyl (C=O) groups is 1. The van der Waals surface area contributed by atoms with Crippen molar-refractivity contribution in [1.82, 2.24) is 4.90 Å². The van der Waals surface area contributed by atoms with Crippen LogP contribution in [0, 0.1) is 0 Å². The second kappa shape index (κ2) is 10.6. The first-order valence-electron chi connectivity index (χ1n) is 11.3. The summed E-state index contributed by atoms with van der Waals surface area (Å²) >= 11 is 1.65. The molecule has 2 aromatic carbocycles. The summed E-state index contributed by atoms with van der Waals surface area (Å²) in [4.78, 5) is 22.1. The van der Waals surface area contributed by atoms with E-state index in [0.29, 0.717) is 18.1 Å². The summed E-state index contributed by atoms with van der Waals surface area (Å²) in [6.45, 7) is 3.87. The van der Waals surface area contributed by atoms with Gasteiger partial charge in [0.05, 0.1) is 6.61 Å². The van der Waals surface area contributed by atoms with Gasteiger partial charge in [-0.1, -0.05) is 55.8 Å². The molecule has 5 nitrogen and oxygen atoms in total. The summed E-state index contributed by atoms with van der Waals surface area (Å²) in [5, 5.41) is 10.6. The predicted octanol–water partition coefficient (Wildman–Crippen LogP) is 5.42. The number of likely N-dealkylation sites (N-methyl/N-ethyl adjacent to an activating group) is 1. The molecule has 33 heavy (non-hydrogen) atoms. The van der Waals surface area contributed by atoms with Gasteiger partial charge in [-0.3, -0.25) is 9.69 Å². The minimum absolute atomic E-state index is 0.102. The van der Waals surface area contributed by atoms with Crippen molar-refractivity contribution in [3.8, 4) is 0 Å². The Morgan fingerprint density at radius 2 is 1.91 bits per heavy atom. The number of anilines is 1. The number of aliphatic imine (C=N–C) groups is 1. The molecule has 6 heteroatoms. The average Bonchev–Trinajstić information content (AvgIpc) is 3.36. The van der Waals surface area contributed by atoms with E-state index in [1.807, 2.05) is 48.6 Å². The monoisotopic (exact) mass is 459 g/mol. The summed E-state index contributed by atoms with van der Waals surface area (Å²) in [7, 11) is 1.75. The van der Waals surface area contributed by atoms with Gasteiger partial charge in [-0.25, -0.2) is 4.99 Å². The number of aliphatic hydroxyl groups excluding tert-OH is 1. The number of rotatable bonds is 9. The quantitative estimate of drug-likeness (QED) is 0.435. The summed E-state index contributed by atoms with van der Waals surface area (Å²) in [5.41, 5.74) is 2.63. The first-order chi connectivity index (χ1) is 16.1. The molecule has 0 spiro atoms. The maximum absolute atomic E-state index is 12.7. The van der Waals surface area contributed by atoms with Gasteiger partial charge < -0.3 is 10.0 Å². The number of fused-ring (bicyclic) bond motifs is 1. The molecule has 0 saturated heterocycles. The maximum atomic E-state index is 12.7. The van der Waals surface area contributed by atoms with E-state index in [0.717, 1.165) is 45.6 Å². The normalized spacial score (nSPS) is 15.2. The lowest BCUT2D eigenvalue weighted by Crippen LogP contribution is -2.27. The van der Waals surface area contributed by atoms with Crippen LogP contribution in [0.3, 0.4) is 0 Å². The van der Waals surface area contributed by atoms with E-state index in [-0.39, 0.29) is 12.5 Å². The van der Waals surface area contributed by atoms with Crippen molar-refractivity contribution in [2.75, 3.05) is 31.6 Å². The fourth-order valence-electron chi connectivity index (χ4n) is 3.78. The number of nitrogens with zero attached hydrogens (tertiary/aromatic N) is 3. The van der Waals surface area contributed by atoms with Crippen molar-refractivity contribution in [2.24, 2.45) is 4.99 Å². The zero-order chi connectivity index (χ0) is 23.2. The molecule has 0 unspecified atom stereocenters. The summed E-state index contributed by atoms with van der Waals surface area (Å²) < 4.78 is 1.16.